The lowest BCUT2D eigenvalue weighted by atomic mass is 10.1. The number of rotatable bonds is 4. The first-order chi connectivity index (χ1) is 13.0. The molecule has 2 aromatic rings. The SMILES string of the molecule is CCOC(=O)c1c2n(c3cc(N4CC[C@@H](N)C4)c(F)cc3c1=O)[C@H](CF)S2. The standard InChI is InChI=1S/C18H19F2N3O3S/c1-2-26-18(25)15-16(24)10-5-11(20)13(22-4-3-9(21)8-22)6-12(10)23-14(7-19)27-17(15)23/h5-6,9,14H,2-4,7-8,21H2,1H3/t9-,14+/m1/s1. The normalized spacial score (nSPS) is 21.3. The number of nitrogens with two attached hydrogens (primary N) is 1. The summed E-state index contributed by atoms with van der Waals surface area (Å²) >= 11 is 1.11. The van der Waals surface area contributed by atoms with Gasteiger partial charge in [0.1, 0.15) is 23.4 Å². The van der Waals surface area contributed by atoms with Gasteiger partial charge >= 0.3 is 5.97 Å². The van der Waals surface area contributed by atoms with Gasteiger partial charge in [-0.1, -0.05) is 11.8 Å². The molecule has 1 aromatic carbocycles. The van der Waals surface area contributed by atoms with Gasteiger partial charge in [0.15, 0.2) is 0 Å². The third kappa shape index (κ3) is 2.80. The number of esters is 1. The predicted octanol–water partition coefficient (Wildman–Crippen LogP) is 2.43. The maximum absolute atomic E-state index is 14.8. The van der Waals surface area contributed by atoms with E-state index in [1.807, 2.05) is 4.90 Å². The first-order valence-corrected chi connectivity index (χ1v) is 9.66. The zero-order valence-electron chi connectivity index (χ0n) is 14.7. The van der Waals surface area contributed by atoms with Crippen LogP contribution >= 0.6 is 11.8 Å². The fourth-order valence-electron chi connectivity index (χ4n) is 3.66. The lowest BCUT2D eigenvalue weighted by molar-refractivity contribution is 0.0518. The maximum Gasteiger partial charge on any atom is 0.344 e. The van der Waals surface area contributed by atoms with Crippen molar-refractivity contribution in [1.29, 1.82) is 0 Å². The smallest absolute Gasteiger partial charge is 0.344 e. The van der Waals surface area contributed by atoms with Gasteiger partial charge in [0.25, 0.3) is 0 Å². The lowest BCUT2D eigenvalue weighted by Gasteiger charge is -2.34. The minimum Gasteiger partial charge on any atom is -0.462 e. The Morgan fingerprint density at radius 2 is 2.22 bits per heavy atom. The number of benzene rings is 1. The summed E-state index contributed by atoms with van der Waals surface area (Å²) in [6.45, 7) is 2.20. The molecule has 2 aliphatic rings. The molecule has 0 spiro atoms. The molecule has 0 unspecified atom stereocenters. The van der Waals surface area contributed by atoms with Crippen LogP contribution in [0.25, 0.3) is 10.9 Å². The van der Waals surface area contributed by atoms with E-state index in [2.05, 4.69) is 0 Å². The van der Waals surface area contributed by atoms with Gasteiger partial charge in [0.2, 0.25) is 5.43 Å². The van der Waals surface area contributed by atoms with E-state index in [-0.39, 0.29) is 23.6 Å². The number of thioether (sulfide) groups is 1. The molecule has 1 aromatic heterocycles. The van der Waals surface area contributed by atoms with Crippen LogP contribution in [0.5, 0.6) is 0 Å². The second-order valence-corrected chi connectivity index (χ2v) is 7.81. The number of alkyl halides is 1. The lowest BCUT2D eigenvalue weighted by Crippen LogP contribution is -2.31. The van der Waals surface area contributed by atoms with Crippen molar-refractivity contribution < 1.29 is 18.3 Å². The van der Waals surface area contributed by atoms with E-state index in [0.29, 0.717) is 29.3 Å². The number of hydrogen-bond donors (Lipinski definition) is 1. The molecule has 4 rings (SSSR count). The van der Waals surface area contributed by atoms with Crippen molar-refractivity contribution in [2.45, 2.75) is 29.8 Å². The van der Waals surface area contributed by atoms with Crippen LogP contribution in [0.1, 0.15) is 29.1 Å². The fraction of sp³-hybridized carbons (Fsp3) is 0.444. The van der Waals surface area contributed by atoms with Gasteiger partial charge in [0.05, 0.1) is 22.8 Å². The molecule has 6 nitrogen and oxygen atoms in total. The summed E-state index contributed by atoms with van der Waals surface area (Å²) < 4.78 is 34.7. The van der Waals surface area contributed by atoms with Crippen LogP contribution in [0, 0.1) is 5.82 Å². The van der Waals surface area contributed by atoms with Crippen LogP contribution in [0.3, 0.4) is 0 Å². The molecule has 1 fully saturated rings. The summed E-state index contributed by atoms with van der Waals surface area (Å²) in [5.74, 6) is -1.33. The number of ether oxygens (including phenoxy) is 1. The van der Waals surface area contributed by atoms with E-state index in [4.69, 9.17) is 10.5 Å². The fourth-order valence-corrected chi connectivity index (χ4v) is 4.78. The number of carbonyl (C=O) groups excluding carboxylic acids is 1. The molecular weight excluding hydrogens is 376 g/mol. The van der Waals surface area contributed by atoms with Crippen molar-refractivity contribution in [2.75, 3.05) is 31.3 Å². The molecule has 0 saturated carbocycles. The highest BCUT2D eigenvalue weighted by Gasteiger charge is 2.36. The summed E-state index contributed by atoms with van der Waals surface area (Å²) in [6, 6.07) is 2.65. The monoisotopic (exact) mass is 395 g/mol. The van der Waals surface area contributed by atoms with E-state index < -0.39 is 29.3 Å². The summed E-state index contributed by atoms with van der Waals surface area (Å²) in [7, 11) is 0. The molecular formula is C18H19F2N3O3S. The van der Waals surface area contributed by atoms with Crippen molar-refractivity contribution >= 4 is 34.3 Å². The number of aromatic nitrogens is 1. The van der Waals surface area contributed by atoms with Crippen LogP contribution in [0.15, 0.2) is 22.0 Å². The van der Waals surface area contributed by atoms with E-state index in [1.54, 1.807) is 17.6 Å². The minimum absolute atomic E-state index is 0.0360. The van der Waals surface area contributed by atoms with Crippen molar-refractivity contribution in [3.63, 3.8) is 0 Å². The summed E-state index contributed by atoms with van der Waals surface area (Å²) in [6.07, 6.45) is 0.750. The molecule has 2 atom stereocenters. The number of pyridine rings is 1. The van der Waals surface area contributed by atoms with Crippen molar-refractivity contribution in [3.05, 3.63) is 33.7 Å². The van der Waals surface area contributed by atoms with Gasteiger partial charge in [0, 0.05) is 24.5 Å². The molecule has 0 amide bonds. The second-order valence-electron chi connectivity index (χ2n) is 6.64. The number of halogens is 2. The van der Waals surface area contributed by atoms with Gasteiger partial charge in [-0.3, -0.25) is 4.79 Å². The van der Waals surface area contributed by atoms with Gasteiger partial charge in [-0.25, -0.2) is 13.6 Å². The van der Waals surface area contributed by atoms with Crippen LogP contribution in [0.2, 0.25) is 0 Å². The molecule has 2 N–H and O–H groups in total. The highest BCUT2D eigenvalue weighted by molar-refractivity contribution is 8.00. The second kappa shape index (κ2) is 6.79. The molecule has 27 heavy (non-hydrogen) atoms. The number of fused-ring (bicyclic) bond motifs is 3. The zero-order valence-corrected chi connectivity index (χ0v) is 15.5. The zero-order chi connectivity index (χ0) is 19.3. The van der Waals surface area contributed by atoms with Crippen molar-refractivity contribution in [1.82, 2.24) is 4.57 Å². The van der Waals surface area contributed by atoms with Crippen molar-refractivity contribution in [3.8, 4) is 0 Å². The van der Waals surface area contributed by atoms with Gasteiger partial charge in [-0.15, -0.1) is 0 Å². The number of anilines is 1. The van der Waals surface area contributed by atoms with E-state index in [1.165, 1.54) is 0 Å². The molecule has 0 aliphatic carbocycles. The first-order valence-electron chi connectivity index (χ1n) is 8.78. The van der Waals surface area contributed by atoms with Gasteiger partial charge in [-0.2, -0.15) is 0 Å². The average molecular weight is 395 g/mol. The molecule has 0 radical (unpaired) electrons. The Balaban J connectivity index is 1.94. The highest BCUT2D eigenvalue weighted by atomic mass is 32.2. The van der Waals surface area contributed by atoms with Crippen LogP contribution in [0.4, 0.5) is 14.5 Å². The maximum atomic E-state index is 14.8. The Morgan fingerprint density at radius 3 is 2.85 bits per heavy atom. The number of carbonyl (C=O) groups is 1. The van der Waals surface area contributed by atoms with Crippen LogP contribution in [-0.4, -0.2) is 42.9 Å². The van der Waals surface area contributed by atoms with Crippen LogP contribution < -0.4 is 16.1 Å². The minimum atomic E-state index is -0.770. The Morgan fingerprint density at radius 1 is 1.44 bits per heavy atom. The van der Waals surface area contributed by atoms with Gasteiger partial charge in [-0.05, 0) is 25.5 Å². The predicted molar refractivity (Wildman–Crippen MR) is 99.8 cm³/mol. The average Bonchev–Trinajstić information content (AvgIpc) is 3.04. The third-order valence-electron chi connectivity index (χ3n) is 4.94. The van der Waals surface area contributed by atoms with E-state index in [9.17, 15) is 18.4 Å². The number of nitrogens with zero attached hydrogens (tertiary/aromatic N) is 2. The Bertz CT molecular complexity index is 994. The first kappa shape index (κ1) is 18.2. The summed E-state index contributed by atoms with van der Waals surface area (Å²) in [5.41, 5.74) is 5.92. The molecule has 1 saturated heterocycles. The highest BCUT2D eigenvalue weighted by Crippen LogP contribution is 2.47. The molecule has 9 heteroatoms. The Kier molecular flexibility index (Phi) is 4.59. The molecule has 0 bridgehead atoms. The molecule has 144 valence electrons. The van der Waals surface area contributed by atoms with E-state index in [0.717, 1.165) is 24.2 Å². The number of hydrogen-bond acceptors (Lipinski definition) is 6. The topological polar surface area (TPSA) is 77.6 Å². The Labute approximate surface area is 158 Å². The molecule has 2 aliphatic heterocycles. The third-order valence-corrected chi connectivity index (χ3v) is 6.17. The Hall–Kier alpha value is -2.13. The summed E-state index contributed by atoms with van der Waals surface area (Å²) in [5, 5.41) is -0.148. The molecule has 3 heterocycles. The van der Waals surface area contributed by atoms with Crippen molar-refractivity contribution in [2.24, 2.45) is 5.73 Å². The quantitative estimate of drug-likeness (QED) is 0.802. The van der Waals surface area contributed by atoms with E-state index >= 15 is 0 Å². The summed E-state index contributed by atoms with van der Waals surface area (Å²) in [4.78, 5) is 26.9. The van der Waals surface area contributed by atoms with Gasteiger partial charge < -0.3 is 19.9 Å². The van der Waals surface area contributed by atoms with Crippen LogP contribution in [-0.2, 0) is 4.74 Å². The largest absolute Gasteiger partial charge is 0.462 e.